The third-order valence-corrected chi connectivity index (χ3v) is 3.33. The maximum Gasteiger partial charge on any atom is 0.120 e. The van der Waals surface area contributed by atoms with Crippen LogP contribution in [0.2, 0.25) is 0 Å². The van der Waals surface area contributed by atoms with Gasteiger partial charge in [-0.1, -0.05) is 6.07 Å². The molecule has 0 heterocycles. The maximum atomic E-state index is 5.97. The number of nitrogens with one attached hydrogen (secondary N) is 1. The van der Waals surface area contributed by atoms with Gasteiger partial charge in [-0.3, -0.25) is 0 Å². The molecule has 1 aliphatic rings. The molecule has 2 nitrogen and oxygen atoms in total. The van der Waals surface area contributed by atoms with E-state index in [9.17, 15) is 0 Å². The van der Waals surface area contributed by atoms with E-state index in [2.05, 4.69) is 44.3 Å². The molecule has 2 heteroatoms. The van der Waals surface area contributed by atoms with E-state index < -0.39 is 0 Å². The Balaban J connectivity index is 1.69. The van der Waals surface area contributed by atoms with Crippen molar-refractivity contribution in [2.24, 2.45) is 0 Å². The van der Waals surface area contributed by atoms with Crippen LogP contribution in [0.15, 0.2) is 18.2 Å². The van der Waals surface area contributed by atoms with Crippen molar-refractivity contribution >= 4 is 0 Å². The molecule has 18 heavy (non-hydrogen) atoms. The lowest BCUT2D eigenvalue weighted by molar-refractivity contribution is 0.207. The zero-order chi connectivity index (χ0) is 13.0. The summed E-state index contributed by atoms with van der Waals surface area (Å²) in [6, 6.07) is 7.23. The predicted octanol–water partition coefficient (Wildman–Crippen LogP) is 3.60. The number of benzene rings is 1. The van der Waals surface area contributed by atoms with Crippen molar-refractivity contribution in [2.45, 2.75) is 58.6 Å². The first-order valence-electron chi connectivity index (χ1n) is 7.12. The molecule has 1 aromatic rings. The molecule has 1 aliphatic carbocycles. The lowest BCUT2D eigenvalue weighted by Gasteiger charge is -2.15. The zero-order valence-electron chi connectivity index (χ0n) is 11.8. The minimum absolute atomic E-state index is 0.298. The SMILES string of the molecule is Cc1cc(C)cc(OC(C)CCCNC2CC2)c1. The van der Waals surface area contributed by atoms with Gasteiger partial charge in [-0.2, -0.15) is 0 Å². The van der Waals surface area contributed by atoms with Crippen LogP contribution in [0.5, 0.6) is 5.75 Å². The first-order valence-corrected chi connectivity index (χ1v) is 7.12. The third kappa shape index (κ3) is 4.69. The van der Waals surface area contributed by atoms with E-state index in [1.54, 1.807) is 0 Å². The second-order valence-electron chi connectivity index (χ2n) is 5.62. The molecule has 0 bridgehead atoms. The average Bonchev–Trinajstić information content (AvgIpc) is 3.06. The van der Waals surface area contributed by atoms with Crippen LogP contribution in [0.1, 0.15) is 43.7 Å². The molecule has 1 saturated carbocycles. The van der Waals surface area contributed by atoms with Crippen LogP contribution in [-0.2, 0) is 0 Å². The van der Waals surface area contributed by atoms with E-state index in [4.69, 9.17) is 4.74 Å². The monoisotopic (exact) mass is 247 g/mol. The second-order valence-corrected chi connectivity index (χ2v) is 5.62. The summed E-state index contributed by atoms with van der Waals surface area (Å²) in [7, 11) is 0. The molecule has 0 radical (unpaired) electrons. The summed E-state index contributed by atoms with van der Waals surface area (Å²) < 4.78 is 5.97. The van der Waals surface area contributed by atoms with Crippen LogP contribution < -0.4 is 10.1 Å². The van der Waals surface area contributed by atoms with Gasteiger partial charge in [-0.15, -0.1) is 0 Å². The van der Waals surface area contributed by atoms with E-state index in [1.165, 1.54) is 30.4 Å². The van der Waals surface area contributed by atoms with E-state index in [0.29, 0.717) is 6.10 Å². The van der Waals surface area contributed by atoms with Crippen LogP contribution in [0, 0.1) is 13.8 Å². The highest BCUT2D eigenvalue weighted by Gasteiger charge is 2.19. The largest absolute Gasteiger partial charge is 0.491 e. The van der Waals surface area contributed by atoms with Crippen molar-refractivity contribution < 1.29 is 4.74 Å². The van der Waals surface area contributed by atoms with Crippen molar-refractivity contribution in [3.63, 3.8) is 0 Å². The van der Waals surface area contributed by atoms with Gasteiger partial charge in [0, 0.05) is 6.04 Å². The van der Waals surface area contributed by atoms with Crippen LogP contribution in [0.25, 0.3) is 0 Å². The van der Waals surface area contributed by atoms with Crippen molar-refractivity contribution in [3.8, 4) is 5.75 Å². The van der Waals surface area contributed by atoms with Crippen LogP contribution >= 0.6 is 0 Å². The Morgan fingerprint density at radius 2 is 1.89 bits per heavy atom. The number of hydrogen-bond donors (Lipinski definition) is 1. The molecule has 100 valence electrons. The molecule has 0 saturated heterocycles. The van der Waals surface area contributed by atoms with Gasteiger partial charge in [0.05, 0.1) is 6.10 Å². The molecule has 1 N–H and O–H groups in total. The Morgan fingerprint density at radius 1 is 1.22 bits per heavy atom. The average molecular weight is 247 g/mol. The summed E-state index contributed by atoms with van der Waals surface area (Å²) >= 11 is 0. The predicted molar refractivity (Wildman–Crippen MR) is 76.3 cm³/mol. The Hall–Kier alpha value is -1.02. The van der Waals surface area contributed by atoms with Gasteiger partial charge in [-0.05, 0) is 76.3 Å². The van der Waals surface area contributed by atoms with Crippen LogP contribution in [-0.4, -0.2) is 18.7 Å². The summed E-state index contributed by atoms with van der Waals surface area (Å²) in [6.07, 6.45) is 5.35. The Kier molecular flexibility index (Phi) is 4.65. The van der Waals surface area contributed by atoms with Gasteiger partial charge in [0.2, 0.25) is 0 Å². The smallest absolute Gasteiger partial charge is 0.120 e. The second kappa shape index (κ2) is 6.24. The van der Waals surface area contributed by atoms with E-state index in [-0.39, 0.29) is 0 Å². The highest BCUT2D eigenvalue weighted by Crippen LogP contribution is 2.20. The minimum Gasteiger partial charge on any atom is -0.491 e. The van der Waals surface area contributed by atoms with Crippen LogP contribution in [0.3, 0.4) is 0 Å². The summed E-state index contributed by atoms with van der Waals surface area (Å²) in [6.45, 7) is 7.52. The normalized spacial score (nSPS) is 16.6. The van der Waals surface area contributed by atoms with E-state index in [0.717, 1.165) is 24.8 Å². The van der Waals surface area contributed by atoms with Gasteiger partial charge in [-0.25, -0.2) is 0 Å². The first-order chi connectivity index (χ1) is 8.63. The molecule has 1 fully saturated rings. The van der Waals surface area contributed by atoms with Gasteiger partial charge in [0.15, 0.2) is 0 Å². The summed E-state index contributed by atoms with van der Waals surface area (Å²) in [4.78, 5) is 0. The van der Waals surface area contributed by atoms with Crippen molar-refractivity contribution in [1.82, 2.24) is 5.32 Å². The molecule has 0 amide bonds. The highest BCUT2D eigenvalue weighted by molar-refractivity contribution is 5.33. The number of aryl methyl sites for hydroxylation is 2. The maximum absolute atomic E-state index is 5.97. The third-order valence-electron chi connectivity index (χ3n) is 3.33. The molecular weight excluding hydrogens is 222 g/mol. The molecule has 1 aromatic carbocycles. The molecule has 1 unspecified atom stereocenters. The molecule has 0 aliphatic heterocycles. The van der Waals surface area contributed by atoms with Gasteiger partial charge < -0.3 is 10.1 Å². The van der Waals surface area contributed by atoms with E-state index >= 15 is 0 Å². The topological polar surface area (TPSA) is 21.3 Å². The Labute approximate surface area is 111 Å². The van der Waals surface area contributed by atoms with Gasteiger partial charge in [0.25, 0.3) is 0 Å². The van der Waals surface area contributed by atoms with Crippen LogP contribution in [0.4, 0.5) is 0 Å². The summed E-state index contributed by atoms with van der Waals surface area (Å²) in [5, 5.41) is 3.54. The molecule has 2 rings (SSSR count). The Bertz CT molecular complexity index is 364. The first kappa shape index (κ1) is 13.4. The zero-order valence-corrected chi connectivity index (χ0v) is 11.8. The fourth-order valence-corrected chi connectivity index (χ4v) is 2.28. The van der Waals surface area contributed by atoms with Crippen molar-refractivity contribution in [3.05, 3.63) is 29.3 Å². The molecule has 0 aromatic heterocycles. The summed E-state index contributed by atoms with van der Waals surface area (Å²) in [5.41, 5.74) is 2.54. The number of ether oxygens (including phenoxy) is 1. The standard InChI is InChI=1S/C16H25NO/c1-12-9-13(2)11-16(10-12)18-14(3)5-4-8-17-15-6-7-15/h9-11,14-15,17H,4-8H2,1-3H3. The highest BCUT2D eigenvalue weighted by atomic mass is 16.5. The number of rotatable bonds is 7. The lowest BCUT2D eigenvalue weighted by atomic mass is 10.1. The molecule has 0 spiro atoms. The Morgan fingerprint density at radius 3 is 2.50 bits per heavy atom. The minimum atomic E-state index is 0.298. The van der Waals surface area contributed by atoms with E-state index in [1.807, 2.05) is 0 Å². The quantitative estimate of drug-likeness (QED) is 0.743. The molecule has 1 atom stereocenters. The van der Waals surface area contributed by atoms with Gasteiger partial charge in [0.1, 0.15) is 5.75 Å². The molecular formula is C16H25NO. The summed E-state index contributed by atoms with van der Waals surface area (Å²) in [5.74, 6) is 1.01. The van der Waals surface area contributed by atoms with Crippen molar-refractivity contribution in [2.75, 3.05) is 6.54 Å². The lowest BCUT2D eigenvalue weighted by Crippen LogP contribution is -2.20. The van der Waals surface area contributed by atoms with Gasteiger partial charge >= 0.3 is 0 Å². The number of hydrogen-bond acceptors (Lipinski definition) is 2. The fraction of sp³-hybridized carbons (Fsp3) is 0.625. The van der Waals surface area contributed by atoms with Crippen molar-refractivity contribution in [1.29, 1.82) is 0 Å². The fourth-order valence-electron chi connectivity index (χ4n) is 2.28.